The molecular weight excluding hydrogens is 360 g/mol. The number of methoxy groups -OCH3 is 1. The summed E-state index contributed by atoms with van der Waals surface area (Å²) in [6.45, 7) is 1.96. The molecule has 3 heterocycles. The van der Waals surface area contributed by atoms with Gasteiger partial charge in [-0.3, -0.25) is 14.7 Å². The largest absolute Gasteiger partial charge is 0.497 e. The van der Waals surface area contributed by atoms with Gasteiger partial charge in [0.2, 0.25) is 11.8 Å². The van der Waals surface area contributed by atoms with Crippen molar-refractivity contribution in [3.63, 3.8) is 0 Å². The van der Waals surface area contributed by atoms with Crippen molar-refractivity contribution in [2.45, 2.75) is 6.92 Å². The molecule has 0 aliphatic rings. The molecule has 0 saturated heterocycles. The Hall–Kier alpha value is -4.01. The van der Waals surface area contributed by atoms with Gasteiger partial charge in [-0.05, 0) is 30.7 Å². The fourth-order valence-electron chi connectivity index (χ4n) is 2.85. The van der Waals surface area contributed by atoms with E-state index in [1.54, 1.807) is 30.1 Å². The number of anilines is 2. The van der Waals surface area contributed by atoms with Crippen molar-refractivity contribution in [1.29, 1.82) is 0 Å². The monoisotopic (exact) mass is 376 g/mol. The van der Waals surface area contributed by atoms with Gasteiger partial charge in [-0.2, -0.15) is 4.98 Å². The van der Waals surface area contributed by atoms with Gasteiger partial charge in [-0.25, -0.2) is 9.97 Å². The summed E-state index contributed by atoms with van der Waals surface area (Å²) in [6.07, 6.45) is 4.86. The predicted octanol–water partition coefficient (Wildman–Crippen LogP) is 3.78. The lowest BCUT2D eigenvalue weighted by atomic mass is 10.2. The number of pyridine rings is 1. The number of nitro groups is 1. The minimum absolute atomic E-state index is 0.100. The van der Waals surface area contributed by atoms with Gasteiger partial charge in [0, 0.05) is 41.8 Å². The molecule has 0 saturated carbocycles. The molecule has 4 rings (SSSR count). The molecule has 0 spiro atoms. The maximum absolute atomic E-state index is 11.4. The molecule has 0 amide bonds. The third-order valence-corrected chi connectivity index (χ3v) is 4.31. The van der Waals surface area contributed by atoms with Crippen molar-refractivity contribution >= 4 is 28.4 Å². The van der Waals surface area contributed by atoms with Gasteiger partial charge in [-0.15, -0.1) is 0 Å². The number of fused-ring (bicyclic) bond motifs is 1. The highest BCUT2D eigenvalue weighted by molar-refractivity contribution is 5.79. The zero-order chi connectivity index (χ0) is 19.7. The van der Waals surface area contributed by atoms with Crippen LogP contribution in [0.4, 0.5) is 17.3 Å². The third kappa shape index (κ3) is 3.09. The summed E-state index contributed by atoms with van der Waals surface area (Å²) in [7, 11) is 1.60. The molecule has 28 heavy (non-hydrogen) atoms. The van der Waals surface area contributed by atoms with Crippen molar-refractivity contribution in [2.24, 2.45) is 0 Å². The standard InChI is InChI=1S/C19H16N6O3/c1-12-5-6-14(28-2)10-15(12)22-19-21-11-13-7-9-24(17(13)23-19)18-16(25(26)27)4-3-8-20-18/h3-11H,1-2H3,(H,21,22,23). The first-order valence-corrected chi connectivity index (χ1v) is 8.42. The number of aryl methyl sites for hydroxylation is 1. The van der Waals surface area contributed by atoms with Crippen molar-refractivity contribution in [3.05, 3.63) is 70.7 Å². The molecule has 0 aliphatic heterocycles. The van der Waals surface area contributed by atoms with Crippen LogP contribution in [-0.4, -0.2) is 31.6 Å². The molecule has 0 bridgehead atoms. The molecular formula is C19H16N6O3. The molecule has 0 fully saturated rings. The second kappa shape index (κ2) is 6.95. The molecule has 0 radical (unpaired) electrons. The minimum Gasteiger partial charge on any atom is -0.497 e. The summed E-state index contributed by atoms with van der Waals surface area (Å²) >= 11 is 0. The van der Waals surface area contributed by atoms with E-state index in [2.05, 4.69) is 20.3 Å². The summed E-state index contributed by atoms with van der Waals surface area (Å²) in [6, 6.07) is 10.4. The first-order valence-electron chi connectivity index (χ1n) is 8.42. The quantitative estimate of drug-likeness (QED) is 0.417. The second-order valence-electron chi connectivity index (χ2n) is 6.07. The van der Waals surface area contributed by atoms with Gasteiger partial charge < -0.3 is 10.1 Å². The fourth-order valence-corrected chi connectivity index (χ4v) is 2.85. The number of hydrogen-bond acceptors (Lipinski definition) is 7. The van der Waals surface area contributed by atoms with E-state index in [0.717, 1.165) is 16.6 Å². The van der Waals surface area contributed by atoms with Crippen LogP contribution in [0.25, 0.3) is 16.9 Å². The normalized spacial score (nSPS) is 10.8. The average Bonchev–Trinajstić information content (AvgIpc) is 3.12. The Morgan fingerprint density at radius 3 is 2.86 bits per heavy atom. The van der Waals surface area contributed by atoms with Gasteiger partial charge in [0.05, 0.1) is 12.0 Å². The van der Waals surface area contributed by atoms with Crippen LogP contribution >= 0.6 is 0 Å². The van der Waals surface area contributed by atoms with Crippen LogP contribution in [0.15, 0.2) is 55.0 Å². The maximum Gasteiger partial charge on any atom is 0.312 e. The van der Waals surface area contributed by atoms with Crippen molar-refractivity contribution in [3.8, 4) is 11.6 Å². The second-order valence-corrected chi connectivity index (χ2v) is 6.07. The highest BCUT2D eigenvalue weighted by Gasteiger charge is 2.18. The number of ether oxygens (including phenoxy) is 1. The molecule has 0 unspecified atom stereocenters. The maximum atomic E-state index is 11.4. The molecule has 1 aromatic carbocycles. The molecule has 3 aromatic heterocycles. The van der Waals surface area contributed by atoms with E-state index < -0.39 is 4.92 Å². The fraction of sp³-hybridized carbons (Fsp3) is 0.105. The Labute approximate surface area is 159 Å². The van der Waals surface area contributed by atoms with Gasteiger partial charge >= 0.3 is 5.69 Å². The van der Waals surface area contributed by atoms with Crippen molar-refractivity contribution < 1.29 is 9.66 Å². The van der Waals surface area contributed by atoms with Gasteiger partial charge in [-0.1, -0.05) is 6.07 Å². The first-order chi connectivity index (χ1) is 13.6. The van der Waals surface area contributed by atoms with E-state index in [9.17, 15) is 10.1 Å². The van der Waals surface area contributed by atoms with Crippen LogP contribution in [0.3, 0.4) is 0 Å². The smallest absolute Gasteiger partial charge is 0.312 e. The van der Waals surface area contributed by atoms with Crippen LogP contribution in [-0.2, 0) is 0 Å². The topological polar surface area (TPSA) is 108 Å². The number of aromatic nitrogens is 4. The van der Waals surface area contributed by atoms with Gasteiger partial charge in [0.25, 0.3) is 0 Å². The van der Waals surface area contributed by atoms with Crippen LogP contribution in [0.2, 0.25) is 0 Å². The van der Waals surface area contributed by atoms with Crippen molar-refractivity contribution in [2.75, 3.05) is 12.4 Å². The van der Waals surface area contributed by atoms with E-state index in [1.807, 2.05) is 25.1 Å². The van der Waals surface area contributed by atoms with Crippen LogP contribution in [0, 0.1) is 17.0 Å². The summed E-state index contributed by atoms with van der Waals surface area (Å²) in [5, 5.41) is 15.3. The molecule has 9 heteroatoms. The lowest BCUT2D eigenvalue weighted by molar-refractivity contribution is -0.384. The van der Waals surface area contributed by atoms with Crippen molar-refractivity contribution in [1.82, 2.24) is 19.5 Å². The lowest BCUT2D eigenvalue weighted by Crippen LogP contribution is -2.04. The van der Waals surface area contributed by atoms with E-state index >= 15 is 0 Å². The summed E-state index contributed by atoms with van der Waals surface area (Å²) in [4.78, 5) is 23.9. The number of nitrogens with one attached hydrogen (secondary N) is 1. The Morgan fingerprint density at radius 2 is 2.07 bits per heavy atom. The minimum atomic E-state index is -0.464. The van der Waals surface area contributed by atoms with E-state index in [1.165, 1.54) is 18.3 Å². The zero-order valence-corrected chi connectivity index (χ0v) is 15.2. The SMILES string of the molecule is COc1ccc(C)c(Nc2ncc3ccn(-c4ncccc4[N+](=O)[O-])c3n2)c1. The molecule has 0 aliphatic carbocycles. The van der Waals surface area contributed by atoms with Crippen LogP contribution < -0.4 is 10.1 Å². The molecule has 4 aromatic rings. The number of nitrogens with zero attached hydrogens (tertiary/aromatic N) is 5. The lowest BCUT2D eigenvalue weighted by Gasteiger charge is -2.10. The predicted molar refractivity (Wildman–Crippen MR) is 104 cm³/mol. The van der Waals surface area contributed by atoms with E-state index in [-0.39, 0.29) is 11.5 Å². The van der Waals surface area contributed by atoms with E-state index in [0.29, 0.717) is 17.3 Å². The number of benzene rings is 1. The molecule has 1 N–H and O–H groups in total. The third-order valence-electron chi connectivity index (χ3n) is 4.31. The molecule has 9 nitrogen and oxygen atoms in total. The highest BCUT2D eigenvalue weighted by Crippen LogP contribution is 2.27. The number of rotatable bonds is 5. The number of hydrogen-bond donors (Lipinski definition) is 1. The van der Waals surface area contributed by atoms with E-state index in [4.69, 9.17) is 4.74 Å². The van der Waals surface area contributed by atoms with Crippen LogP contribution in [0.1, 0.15) is 5.56 Å². The zero-order valence-electron chi connectivity index (χ0n) is 15.2. The Kier molecular flexibility index (Phi) is 4.32. The average molecular weight is 376 g/mol. The van der Waals surface area contributed by atoms with Gasteiger partial charge in [0.15, 0.2) is 5.65 Å². The highest BCUT2D eigenvalue weighted by atomic mass is 16.6. The summed E-state index contributed by atoms with van der Waals surface area (Å²) in [5.74, 6) is 1.27. The Bertz CT molecular complexity index is 1190. The van der Waals surface area contributed by atoms with Gasteiger partial charge in [0.1, 0.15) is 5.75 Å². The van der Waals surface area contributed by atoms with Crippen LogP contribution in [0.5, 0.6) is 5.75 Å². The summed E-state index contributed by atoms with van der Waals surface area (Å²) in [5.41, 5.74) is 2.22. The first kappa shape index (κ1) is 17.4. The Morgan fingerprint density at radius 1 is 1.21 bits per heavy atom. The molecule has 140 valence electrons. The Balaban J connectivity index is 1.79. The molecule has 0 atom stereocenters. The summed E-state index contributed by atoms with van der Waals surface area (Å²) < 4.78 is 6.84.